The Morgan fingerprint density at radius 2 is 2.13 bits per heavy atom. The first-order valence-corrected chi connectivity index (χ1v) is 10.8. The van der Waals surface area contributed by atoms with E-state index in [1.54, 1.807) is 13.3 Å². The van der Waals surface area contributed by atoms with E-state index in [0.717, 1.165) is 35.5 Å². The lowest BCUT2D eigenvalue weighted by atomic mass is 10.0. The van der Waals surface area contributed by atoms with Crippen LogP contribution in [0.5, 0.6) is 0 Å². The van der Waals surface area contributed by atoms with E-state index < -0.39 is 0 Å². The molecular formula is C22H28ClN5O2. The van der Waals surface area contributed by atoms with Crippen molar-refractivity contribution in [1.29, 1.82) is 0 Å². The highest BCUT2D eigenvalue weighted by atomic mass is 35.5. The molecule has 0 bridgehead atoms. The highest BCUT2D eigenvalue weighted by molar-refractivity contribution is 6.29. The third kappa shape index (κ3) is 4.37. The van der Waals surface area contributed by atoms with Gasteiger partial charge in [-0.2, -0.15) is 0 Å². The minimum atomic E-state index is 0.0901. The van der Waals surface area contributed by atoms with Crippen molar-refractivity contribution in [3.8, 4) is 11.1 Å². The number of aromatic nitrogens is 2. The Kier molecular flexibility index (Phi) is 6.11. The third-order valence-electron chi connectivity index (χ3n) is 5.83. The number of amides is 1. The predicted molar refractivity (Wildman–Crippen MR) is 119 cm³/mol. The SMILES string of the molecule is COCCC(=O)N1CCN(c2nc(C3CC3)c(-c3ccnc(Cl)c3)cc2N)C[C@H]1C. The molecule has 1 amide bonds. The first kappa shape index (κ1) is 20.9. The fraction of sp³-hybridized carbons (Fsp3) is 0.500. The van der Waals surface area contributed by atoms with Crippen molar-refractivity contribution < 1.29 is 9.53 Å². The molecule has 1 saturated heterocycles. The maximum absolute atomic E-state index is 12.4. The van der Waals surface area contributed by atoms with Crippen LogP contribution in [0.4, 0.5) is 11.5 Å². The maximum atomic E-state index is 12.4. The van der Waals surface area contributed by atoms with Crippen molar-refractivity contribution in [2.45, 2.75) is 38.1 Å². The highest BCUT2D eigenvalue weighted by Crippen LogP contribution is 2.45. The Hall–Kier alpha value is -2.38. The number of nitrogen functional groups attached to an aromatic ring is 1. The molecule has 0 aromatic carbocycles. The monoisotopic (exact) mass is 429 g/mol. The molecule has 0 radical (unpaired) electrons. The van der Waals surface area contributed by atoms with E-state index >= 15 is 0 Å². The quantitative estimate of drug-likeness (QED) is 0.709. The Morgan fingerprint density at radius 3 is 2.80 bits per heavy atom. The number of carbonyl (C=O) groups excluding carboxylic acids is 1. The van der Waals surface area contributed by atoms with Crippen LogP contribution in [-0.4, -0.2) is 60.2 Å². The van der Waals surface area contributed by atoms with Crippen LogP contribution >= 0.6 is 11.6 Å². The second kappa shape index (κ2) is 8.78. The lowest BCUT2D eigenvalue weighted by Crippen LogP contribution is -2.54. The molecule has 1 aliphatic heterocycles. The number of hydrogen-bond acceptors (Lipinski definition) is 6. The Bertz CT molecular complexity index is 934. The summed E-state index contributed by atoms with van der Waals surface area (Å²) < 4.78 is 5.04. The molecule has 3 heterocycles. The van der Waals surface area contributed by atoms with Crippen LogP contribution in [0.3, 0.4) is 0 Å². The highest BCUT2D eigenvalue weighted by Gasteiger charge is 2.32. The summed E-state index contributed by atoms with van der Waals surface area (Å²) in [5.41, 5.74) is 10.2. The summed E-state index contributed by atoms with van der Waals surface area (Å²) in [6, 6.07) is 5.91. The van der Waals surface area contributed by atoms with Gasteiger partial charge in [0, 0.05) is 50.5 Å². The predicted octanol–water partition coefficient (Wildman–Crippen LogP) is 3.33. The summed E-state index contributed by atoms with van der Waals surface area (Å²) in [6.45, 7) is 4.60. The molecule has 4 rings (SSSR count). The first-order valence-electron chi connectivity index (χ1n) is 10.4. The van der Waals surface area contributed by atoms with E-state index in [1.807, 2.05) is 23.1 Å². The van der Waals surface area contributed by atoms with E-state index in [4.69, 9.17) is 27.1 Å². The van der Waals surface area contributed by atoms with Crippen LogP contribution < -0.4 is 10.6 Å². The molecule has 2 N–H and O–H groups in total. The van der Waals surface area contributed by atoms with Gasteiger partial charge in [0.15, 0.2) is 5.82 Å². The summed E-state index contributed by atoms with van der Waals surface area (Å²) in [7, 11) is 1.62. The van der Waals surface area contributed by atoms with Crippen molar-refractivity contribution in [1.82, 2.24) is 14.9 Å². The number of halogens is 1. The van der Waals surface area contributed by atoms with Crippen molar-refractivity contribution in [2.75, 3.05) is 44.0 Å². The van der Waals surface area contributed by atoms with Crippen LogP contribution in [0, 0.1) is 0 Å². The molecule has 160 valence electrons. The van der Waals surface area contributed by atoms with Gasteiger partial charge >= 0.3 is 0 Å². The maximum Gasteiger partial charge on any atom is 0.225 e. The molecule has 8 heteroatoms. The standard InChI is InChI=1S/C22H28ClN5O2/c1-14-13-27(8-9-28(14)20(29)6-10-30-2)22-18(24)12-17(21(26-22)15-3-4-15)16-5-7-25-19(23)11-16/h5,7,11-12,14-15H,3-4,6,8-10,13,24H2,1-2H3/t14-/m1/s1. The Balaban J connectivity index is 1.58. The second-order valence-electron chi connectivity index (χ2n) is 8.10. The number of nitrogens with two attached hydrogens (primary N) is 1. The van der Waals surface area contributed by atoms with Crippen LogP contribution in [-0.2, 0) is 9.53 Å². The van der Waals surface area contributed by atoms with Crippen LogP contribution in [0.2, 0.25) is 5.15 Å². The zero-order chi connectivity index (χ0) is 21.3. The van der Waals surface area contributed by atoms with Gasteiger partial charge in [0.1, 0.15) is 5.15 Å². The topological polar surface area (TPSA) is 84.6 Å². The number of rotatable bonds is 6. The number of methoxy groups -OCH3 is 1. The minimum Gasteiger partial charge on any atom is -0.396 e. The number of anilines is 2. The number of piperazine rings is 1. The van der Waals surface area contributed by atoms with Crippen molar-refractivity contribution in [3.05, 3.63) is 35.2 Å². The summed E-state index contributed by atoms with van der Waals surface area (Å²) in [5, 5.41) is 0.458. The molecule has 1 aliphatic carbocycles. The second-order valence-corrected chi connectivity index (χ2v) is 8.49. The van der Waals surface area contributed by atoms with Crippen molar-refractivity contribution in [2.24, 2.45) is 0 Å². The molecule has 7 nitrogen and oxygen atoms in total. The largest absolute Gasteiger partial charge is 0.396 e. The lowest BCUT2D eigenvalue weighted by Gasteiger charge is -2.41. The van der Waals surface area contributed by atoms with Crippen LogP contribution in [0.15, 0.2) is 24.4 Å². The van der Waals surface area contributed by atoms with Crippen LogP contribution in [0.25, 0.3) is 11.1 Å². The van der Waals surface area contributed by atoms with Gasteiger partial charge in [0.05, 0.1) is 24.4 Å². The van der Waals surface area contributed by atoms with E-state index in [1.165, 1.54) is 0 Å². The van der Waals surface area contributed by atoms with Crippen molar-refractivity contribution >= 4 is 29.0 Å². The third-order valence-corrected chi connectivity index (χ3v) is 6.04. The lowest BCUT2D eigenvalue weighted by molar-refractivity contribution is -0.134. The molecular weight excluding hydrogens is 402 g/mol. The first-order chi connectivity index (χ1) is 14.5. The smallest absolute Gasteiger partial charge is 0.225 e. The normalized spacial score (nSPS) is 19.2. The van der Waals surface area contributed by atoms with E-state index in [-0.39, 0.29) is 11.9 Å². The Morgan fingerprint density at radius 1 is 1.33 bits per heavy atom. The number of hydrogen-bond donors (Lipinski definition) is 1. The van der Waals surface area contributed by atoms with E-state index in [0.29, 0.717) is 49.4 Å². The summed E-state index contributed by atoms with van der Waals surface area (Å²) in [5.74, 6) is 1.41. The van der Waals surface area contributed by atoms with Gasteiger partial charge < -0.3 is 20.3 Å². The molecule has 30 heavy (non-hydrogen) atoms. The fourth-order valence-electron chi connectivity index (χ4n) is 4.11. The van der Waals surface area contributed by atoms with E-state index in [2.05, 4.69) is 16.8 Å². The molecule has 0 spiro atoms. The van der Waals surface area contributed by atoms with Gasteiger partial charge in [0.2, 0.25) is 5.91 Å². The van der Waals surface area contributed by atoms with Gasteiger partial charge in [0.25, 0.3) is 0 Å². The number of pyridine rings is 2. The van der Waals surface area contributed by atoms with Gasteiger partial charge in [-0.3, -0.25) is 4.79 Å². The molecule has 1 atom stereocenters. The molecule has 0 unspecified atom stereocenters. The molecule has 1 saturated carbocycles. The summed E-state index contributed by atoms with van der Waals surface area (Å²) in [6.07, 6.45) is 4.40. The van der Waals surface area contributed by atoms with Gasteiger partial charge in [-0.05, 0) is 43.5 Å². The molecule has 2 aliphatic rings. The molecule has 2 fully saturated rings. The minimum absolute atomic E-state index is 0.0901. The fourth-order valence-corrected chi connectivity index (χ4v) is 4.28. The van der Waals surface area contributed by atoms with E-state index in [9.17, 15) is 4.79 Å². The number of nitrogens with zero attached hydrogens (tertiary/aromatic N) is 4. The average Bonchev–Trinajstić information content (AvgIpc) is 3.57. The number of carbonyl (C=O) groups is 1. The number of ether oxygens (including phenoxy) is 1. The van der Waals surface area contributed by atoms with Crippen LogP contribution in [0.1, 0.15) is 37.8 Å². The molecule has 2 aromatic rings. The summed E-state index contributed by atoms with van der Waals surface area (Å²) in [4.78, 5) is 25.7. The summed E-state index contributed by atoms with van der Waals surface area (Å²) >= 11 is 6.11. The zero-order valence-corrected chi connectivity index (χ0v) is 18.2. The Labute approximate surface area is 182 Å². The van der Waals surface area contributed by atoms with Gasteiger partial charge in [-0.25, -0.2) is 9.97 Å². The zero-order valence-electron chi connectivity index (χ0n) is 17.5. The van der Waals surface area contributed by atoms with Crippen molar-refractivity contribution in [3.63, 3.8) is 0 Å². The van der Waals surface area contributed by atoms with Gasteiger partial charge in [-0.15, -0.1) is 0 Å². The molecule has 2 aromatic heterocycles. The average molecular weight is 430 g/mol. The van der Waals surface area contributed by atoms with Gasteiger partial charge in [-0.1, -0.05) is 11.6 Å².